The van der Waals surface area contributed by atoms with Crippen LogP contribution in [0, 0.1) is 11.8 Å². The molecular formula is C15H32N2. The Labute approximate surface area is 108 Å². The van der Waals surface area contributed by atoms with Gasteiger partial charge in [0.15, 0.2) is 0 Å². The second-order valence-electron chi connectivity index (χ2n) is 6.35. The van der Waals surface area contributed by atoms with E-state index in [1.807, 2.05) is 0 Å². The highest BCUT2D eigenvalue weighted by Gasteiger charge is 2.19. The normalized spacial score (nSPS) is 23.3. The van der Waals surface area contributed by atoms with E-state index in [1.165, 1.54) is 51.9 Å². The van der Waals surface area contributed by atoms with E-state index in [4.69, 9.17) is 0 Å². The van der Waals surface area contributed by atoms with Crippen LogP contribution >= 0.6 is 0 Å². The van der Waals surface area contributed by atoms with Crippen molar-refractivity contribution in [2.45, 2.75) is 59.4 Å². The van der Waals surface area contributed by atoms with Crippen LogP contribution in [0.2, 0.25) is 0 Å². The van der Waals surface area contributed by atoms with Gasteiger partial charge in [0.2, 0.25) is 0 Å². The van der Waals surface area contributed by atoms with E-state index in [1.54, 1.807) is 0 Å². The van der Waals surface area contributed by atoms with Gasteiger partial charge in [-0.2, -0.15) is 0 Å². The lowest BCUT2D eigenvalue weighted by molar-refractivity contribution is 0.240. The van der Waals surface area contributed by atoms with Gasteiger partial charge in [0.05, 0.1) is 0 Å². The van der Waals surface area contributed by atoms with Crippen molar-refractivity contribution >= 4 is 0 Å². The Morgan fingerprint density at radius 1 is 1.18 bits per heavy atom. The summed E-state index contributed by atoms with van der Waals surface area (Å²) in [6.45, 7) is 14.4. The number of nitrogens with zero attached hydrogens (tertiary/aromatic N) is 1. The van der Waals surface area contributed by atoms with Crippen LogP contribution < -0.4 is 5.32 Å². The average Bonchev–Trinajstić information content (AvgIpc) is 2.49. The maximum atomic E-state index is 3.68. The topological polar surface area (TPSA) is 15.3 Å². The highest BCUT2D eigenvalue weighted by atomic mass is 15.2. The molecule has 1 N–H and O–H groups in total. The summed E-state index contributed by atoms with van der Waals surface area (Å²) < 4.78 is 0. The van der Waals surface area contributed by atoms with Crippen LogP contribution in [-0.2, 0) is 0 Å². The maximum absolute atomic E-state index is 3.68. The number of rotatable bonds is 6. The number of unbranched alkanes of at least 4 members (excludes halogenated alkanes) is 1. The van der Waals surface area contributed by atoms with Crippen LogP contribution in [0.3, 0.4) is 0 Å². The zero-order valence-electron chi connectivity index (χ0n) is 12.3. The molecule has 0 amide bonds. The minimum absolute atomic E-state index is 0.697. The summed E-state index contributed by atoms with van der Waals surface area (Å²) in [5.74, 6) is 1.62. The minimum Gasteiger partial charge on any atom is -0.312 e. The lowest BCUT2D eigenvalue weighted by Gasteiger charge is -2.26. The average molecular weight is 240 g/mol. The smallest absolute Gasteiger partial charge is 0.0217 e. The van der Waals surface area contributed by atoms with Gasteiger partial charge < -0.3 is 10.2 Å². The Kier molecular flexibility index (Phi) is 7.14. The van der Waals surface area contributed by atoms with Crippen LogP contribution in [0.25, 0.3) is 0 Å². The number of nitrogens with one attached hydrogen (secondary N) is 1. The standard InChI is InChI=1S/C15H32N2/c1-13(2)8-5-6-10-17-11-7-9-16-15(12-17)14(3)4/h13-16H,5-12H2,1-4H3. The number of hydrogen-bond donors (Lipinski definition) is 1. The Bertz CT molecular complexity index is 189. The Balaban J connectivity index is 2.21. The van der Waals surface area contributed by atoms with Gasteiger partial charge in [-0.05, 0) is 44.3 Å². The van der Waals surface area contributed by atoms with Crippen LogP contribution in [-0.4, -0.2) is 37.1 Å². The molecule has 1 unspecified atom stereocenters. The minimum atomic E-state index is 0.697. The first-order chi connectivity index (χ1) is 8.09. The molecule has 0 aromatic carbocycles. The zero-order valence-corrected chi connectivity index (χ0v) is 12.3. The first kappa shape index (κ1) is 15.0. The highest BCUT2D eigenvalue weighted by Crippen LogP contribution is 2.11. The van der Waals surface area contributed by atoms with Crippen LogP contribution in [0.15, 0.2) is 0 Å². The predicted molar refractivity (Wildman–Crippen MR) is 76.4 cm³/mol. The molecule has 0 aliphatic carbocycles. The summed E-state index contributed by atoms with van der Waals surface area (Å²) in [6.07, 6.45) is 5.48. The second-order valence-corrected chi connectivity index (χ2v) is 6.35. The molecule has 0 aromatic heterocycles. The molecule has 1 atom stereocenters. The molecule has 102 valence electrons. The summed E-state index contributed by atoms with van der Waals surface area (Å²) in [6, 6.07) is 0.697. The molecule has 1 heterocycles. The van der Waals surface area contributed by atoms with Gasteiger partial charge in [-0.15, -0.1) is 0 Å². The van der Waals surface area contributed by atoms with Gasteiger partial charge in [0.25, 0.3) is 0 Å². The Hall–Kier alpha value is -0.0800. The summed E-state index contributed by atoms with van der Waals surface area (Å²) in [4.78, 5) is 2.67. The van der Waals surface area contributed by atoms with Crippen LogP contribution in [0.5, 0.6) is 0 Å². The van der Waals surface area contributed by atoms with Crippen molar-refractivity contribution in [3.63, 3.8) is 0 Å². The van der Waals surface area contributed by atoms with Gasteiger partial charge in [0.1, 0.15) is 0 Å². The molecule has 0 bridgehead atoms. The summed E-state index contributed by atoms with van der Waals surface area (Å²) in [5, 5.41) is 3.68. The third-order valence-electron chi connectivity index (χ3n) is 3.82. The van der Waals surface area contributed by atoms with E-state index in [0.717, 1.165) is 11.8 Å². The maximum Gasteiger partial charge on any atom is 0.0217 e. The Morgan fingerprint density at radius 2 is 1.94 bits per heavy atom. The van der Waals surface area contributed by atoms with Gasteiger partial charge >= 0.3 is 0 Å². The lowest BCUT2D eigenvalue weighted by atomic mass is 10.0. The van der Waals surface area contributed by atoms with E-state index in [-0.39, 0.29) is 0 Å². The molecule has 1 aliphatic heterocycles. The van der Waals surface area contributed by atoms with Crippen molar-refractivity contribution in [1.29, 1.82) is 0 Å². The van der Waals surface area contributed by atoms with Crippen molar-refractivity contribution in [2.24, 2.45) is 11.8 Å². The third-order valence-corrected chi connectivity index (χ3v) is 3.82. The van der Waals surface area contributed by atoms with E-state index < -0.39 is 0 Å². The Morgan fingerprint density at radius 3 is 2.59 bits per heavy atom. The molecule has 1 rings (SSSR count). The predicted octanol–water partition coefficient (Wildman–Crippen LogP) is 3.13. The molecule has 1 aliphatic rings. The molecule has 0 spiro atoms. The van der Waals surface area contributed by atoms with E-state index >= 15 is 0 Å². The van der Waals surface area contributed by atoms with Crippen molar-refractivity contribution in [1.82, 2.24) is 10.2 Å². The molecule has 0 radical (unpaired) electrons. The van der Waals surface area contributed by atoms with Crippen LogP contribution in [0.1, 0.15) is 53.4 Å². The van der Waals surface area contributed by atoms with Crippen molar-refractivity contribution in [3.8, 4) is 0 Å². The molecule has 17 heavy (non-hydrogen) atoms. The molecule has 0 saturated carbocycles. The third kappa shape index (κ3) is 6.42. The first-order valence-electron chi connectivity index (χ1n) is 7.55. The van der Waals surface area contributed by atoms with E-state index in [2.05, 4.69) is 37.9 Å². The summed E-state index contributed by atoms with van der Waals surface area (Å²) >= 11 is 0. The summed E-state index contributed by atoms with van der Waals surface area (Å²) in [7, 11) is 0. The largest absolute Gasteiger partial charge is 0.312 e. The molecule has 0 aromatic rings. The second kappa shape index (κ2) is 8.10. The summed E-state index contributed by atoms with van der Waals surface area (Å²) in [5.41, 5.74) is 0. The molecule has 1 saturated heterocycles. The zero-order chi connectivity index (χ0) is 12.7. The van der Waals surface area contributed by atoms with Gasteiger partial charge in [0, 0.05) is 12.6 Å². The first-order valence-corrected chi connectivity index (χ1v) is 7.55. The van der Waals surface area contributed by atoms with Gasteiger partial charge in [-0.25, -0.2) is 0 Å². The fraction of sp³-hybridized carbons (Fsp3) is 1.00. The molecule has 1 fully saturated rings. The van der Waals surface area contributed by atoms with Gasteiger partial charge in [-0.1, -0.05) is 40.5 Å². The monoisotopic (exact) mass is 240 g/mol. The van der Waals surface area contributed by atoms with E-state index in [0.29, 0.717) is 6.04 Å². The van der Waals surface area contributed by atoms with Crippen LogP contribution in [0.4, 0.5) is 0 Å². The SMILES string of the molecule is CC(C)CCCCN1CCCNC(C(C)C)C1. The lowest BCUT2D eigenvalue weighted by Crippen LogP contribution is -2.41. The van der Waals surface area contributed by atoms with E-state index in [9.17, 15) is 0 Å². The van der Waals surface area contributed by atoms with Gasteiger partial charge in [-0.3, -0.25) is 0 Å². The van der Waals surface area contributed by atoms with Crippen molar-refractivity contribution in [3.05, 3.63) is 0 Å². The molecular weight excluding hydrogens is 208 g/mol. The highest BCUT2D eigenvalue weighted by molar-refractivity contribution is 4.78. The number of hydrogen-bond acceptors (Lipinski definition) is 2. The van der Waals surface area contributed by atoms with Crippen molar-refractivity contribution in [2.75, 3.05) is 26.2 Å². The fourth-order valence-electron chi connectivity index (χ4n) is 2.56. The van der Waals surface area contributed by atoms with Crippen molar-refractivity contribution < 1.29 is 0 Å². The quantitative estimate of drug-likeness (QED) is 0.718. The molecule has 2 nitrogen and oxygen atoms in total. The fourth-order valence-corrected chi connectivity index (χ4v) is 2.56. The molecule has 2 heteroatoms.